The van der Waals surface area contributed by atoms with Crippen LogP contribution >= 0.6 is 24.0 Å². The number of methoxy groups -OCH3 is 1. The van der Waals surface area contributed by atoms with Gasteiger partial charge < -0.3 is 15.0 Å². The van der Waals surface area contributed by atoms with Crippen molar-refractivity contribution in [2.75, 3.05) is 31.3 Å². The van der Waals surface area contributed by atoms with E-state index in [0.29, 0.717) is 17.2 Å². The van der Waals surface area contributed by atoms with Crippen LogP contribution in [0.1, 0.15) is 25.3 Å². The molecule has 0 aromatic heterocycles. The predicted octanol–water partition coefficient (Wildman–Crippen LogP) is 3.69. The summed E-state index contributed by atoms with van der Waals surface area (Å²) in [6.07, 6.45) is 2.35. The molecule has 1 aliphatic heterocycles. The van der Waals surface area contributed by atoms with Gasteiger partial charge in [0.1, 0.15) is 10.1 Å². The van der Waals surface area contributed by atoms with Gasteiger partial charge in [0, 0.05) is 13.1 Å². The molecule has 0 spiro atoms. The van der Waals surface area contributed by atoms with Gasteiger partial charge in [-0.3, -0.25) is 4.79 Å². The highest BCUT2D eigenvalue weighted by atomic mass is 32.2. The largest absolute Gasteiger partial charge is 0.495 e. The van der Waals surface area contributed by atoms with Crippen LogP contribution in [0.3, 0.4) is 0 Å². The number of nitrogens with one attached hydrogen (secondary N) is 1. The summed E-state index contributed by atoms with van der Waals surface area (Å²) >= 11 is 6.88. The number of thiocarbonyl (C=S) groups is 1. The van der Waals surface area contributed by atoms with Crippen molar-refractivity contribution in [1.82, 2.24) is 4.90 Å². The quantitative estimate of drug-likeness (QED) is 0.837. The number of anilines is 1. The fourth-order valence-corrected chi connectivity index (χ4v) is 3.57. The summed E-state index contributed by atoms with van der Waals surface area (Å²) in [4.78, 5) is 14.4. The molecule has 0 atom stereocenters. The van der Waals surface area contributed by atoms with Gasteiger partial charge in [0.2, 0.25) is 5.91 Å². The van der Waals surface area contributed by atoms with Gasteiger partial charge in [-0.1, -0.05) is 37.0 Å². The first-order valence-corrected chi connectivity index (χ1v) is 9.25. The van der Waals surface area contributed by atoms with E-state index in [0.717, 1.165) is 28.9 Å². The van der Waals surface area contributed by atoms with E-state index >= 15 is 0 Å². The molecule has 0 unspecified atom stereocenters. The molecule has 1 saturated heterocycles. The summed E-state index contributed by atoms with van der Waals surface area (Å²) in [7, 11) is 1.60. The van der Waals surface area contributed by atoms with E-state index in [1.165, 1.54) is 24.6 Å². The molecular formula is C17H24N2O2S2. The molecule has 23 heavy (non-hydrogen) atoms. The summed E-state index contributed by atoms with van der Waals surface area (Å²) < 4.78 is 6.10. The number of carbonyl (C=O) groups excluding carboxylic acids is 1. The maximum Gasteiger partial charge on any atom is 0.234 e. The Morgan fingerprint density at radius 1 is 1.43 bits per heavy atom. The third-order valence-corrected chi connectivity index (χ3v) is 5.52. The first kappa shape index (κ1) is 18.1. The van der Waals surface area contributed by atoms with Crippen molar-refractivity contribution >= 4 is 39.9 Å². The minimum atomic E-state index is -0.0633. The van der Waals surface area contributed by atoms with Crippen molar-refractivity contribution in [3.05, 3.63) is 23.8 Å². The number of hydrogen-bond donors (Lipinski definition) is 1. The zero-order valence-corrected chi connectivity index (χ0v) is 15.6. The van der Waals surface area contributed by atoms with Crippen molar-refractivity contribution in [2.45, 2.75) is 26.7 Å². The van der Waals surface area contributed by atoms with Crippen LogP contribution in [0.4, 0.5) is 5.69 Å². The summed E-state index contributed by atoms with van der Waals surface area (Å²) in [5, 5.41) is 2.90. The average molecular weight is 353 g/mol. The molecule has 2 rings (SSSR count). The predicted molar refractivity (Wildman–Crippen MR) is 101 cm³/mol. The number of hydrogen-bond acceptors (Lipinski definition) is 4. The Hall–Kier alpha value is -1.27. The Balaban J connectivity index is 1.83. The normalized spacial score (nSPS) is 15.3. The van der Waals surface area contributed by atoms with Gasteiger partial charge in [-0.05, 0) is 43.4 Å². The van der Waals surface area contributed by atoms with Gasteiger partial charge in [-0.25, -0.2) is 0 Å². The number of carbonyl (C=O) groups is 1. The summed E-state index contributed by atoms with van der Waals surface area (Å²) in [5.74, 6) is 1.70. The zero-order valence-electron chi connectivity index (χ0n) is 13.9. The van der Waals surface area contributed by atoms with Crippen LogP contribution in [0.5, 0.6) is 5.75 Å². The number of aryl methyl sites for hydroxylation is 1. The van der Waals surface area contributed by atoms with E-state index in [-0.39, 0.29) is 5.91 Å². The van der Waals surface area contributed by atoms with Crippen molar-refractivity contribution < 1.29 is 9.53 Å². The monoisotopic (exact) mass is 352 g/mol. The number of rotatable bonds is 4. The van der Waals surface area contributed by atoms with E-state index in [2.05, 4.69) is 17.1 Å². The lowest BCUT2D eigenvalue weighted by Crippen LogP contribution is -2.36. The van der Waals surface area contributed by atoms with Gasteiger partial charge in [-0.2, -0.15) is 0 Å². The van der Waals surface area contributed by atoms with Crippen molar-refractivity contribution in [1.29, 1.82) is 0 Å². The first-order valence-electron chi connectivity index (χ1n) is 7.85. The number of amides is 1. The first-order chi connectivity index (χ1) is 11.0. The van der Waals surface area contributed by atoms with Crippen LogP contribution in [0.15, 0.2) is 18.2 Å². The fraction of sp³-hybridized carbons (Fsp3) is 0.529. The van der Waals surface area contributed by atoms with Gasteiger partial charge in [-0.15, -0.1) is 0 Å². The SMILES string of the molecule is COc1ccc(C)cc1NC(=O)CSC(=S)N1CCC(C)CC1. The van der Waals surface area contributed by atoms with Crippen molar-refractivity contribution in [3.8, 4) is 5.75 Å². The Morgan fingerprint density at radius 2 is 2.13 bits per heavy atom. The zero-order chi connectivity index (χ0) is 16.8. The molecule has 1 aliphatic rings. The molecule has 1 amide bonds. The Kier molecular flexibility index (Phi) is 6.72. The van der Waals surface area contributed by atoms with Gasteiger partial charge in [0.05, 0.1) is 18.6 Å². The lowest BCUT2D eigenvalue weighted by molar-refractivity contribution is -0.113. The number of thioether (sulfide) groups is 1. The van der Waals surface area contributed by atoms with Crippen LogP contribution in [-0.2, 0) is 4.79 Å². The second kappa shape index (κ2) is 8.55. The van der Waals surface area contributed by atoms with E-state index < -0.39 is 0 Å². The molecule has 1 N–H and O–H groups in total. The Bertz CT molecular complexity index is 570. The maximum atomic E-state index is 12.2. The van der Waals surface area contributed by atoms with Crippen LogP contribution in [0, 0.1) is 12.8 Å². The summed E-state index contributed by atoms with van der Waals surface area (Å²) in [6, 6.07) is 5.72. The van der Waals surface area contributed by atoms with E-state index in [1.807, 2.05) is 25.1 Å². The summed E-state index contributed by atoms with van der Waals surface area (Å²) in [6.45, 7) is 6.26. The summed E-state index contributed by atoms with van der Waals surface area (Å²) in [5.41, 5.74) is 1.78. The minimum absolute atomic E-state index is 0.0633. The van der Waals surface area contributed by atoms with Gasteiger partial charge >= 0.3 is 0 Å². The maximum absolute atomic E-state index is 12.2. The van der Waals surface area contributed by atoms with E-state index in [9.17, 15) is 4.79 Å². The molecule has 0 bridgehead atoms. The van der Waals surface area contributed by atoms with Crippen LogP contribution in [0.25, 0.3) is 0 Å². The molecule has 1 fully saturated rings. The number of likely N-dealkylation sites (tertiary alicyclic amines) is 1. The minimum Gasteiger partial charge on any atom is -0.495 e. The van der Waals surface area contributed by atoms with Crippen LogP contribution in [0.2, 0.25) is 0 Å². The van der Waals surface area contributed by atoms with Crippen LogP contribution in [-0.4, -0.2) is 41.1 Å². The number of benzene rings is 1. The molecule has 1 heterocycles. The highest BCUT2D eigenvalue weighted by Gasteiger charge is 2.19. The Labute approximate surface area is 148 Å². The topological polar surface area (TPSA) is 41.6 Å². The molecular weight excluding hydrogens is 328 g/mol. The van der Waals surface area contributed by atoms with E-state index in [1.54, 1.807) is 7.11 Å². The molecule has 6 heteroatoms. The number of nitrogens with zero attached hydrogens (tertiary/aromatic N) is 1. The fourth-order valence-electron chi connectivity index (χ4n) is 2.52. The third kappa shape index (κ3) is 5.39. The lowest BCUT2D eigenvalue weighted by Gasteiger charge is -2.31. The number of ether oxygens (including phenoxy) is 1. The third-order valence-electron chi connectivity index (χ3n) is 4.00. The Morgan fingerprint density at radius 3 is 2.78 bits per heavy atom. The highest BCUT2D eigenvalue weighted by molar-refractivity contribution is 8.23. The van der Waals surface area contributed by atoms with Gasteiger partial charge in [0.25, 0.3) is 0 Å². The molecule has 0 radical (unpaired) electrons. The number of piperidine rings is 1. The van der Waals surface area contributed by atoms with Crippen molar-refractivity contribution in [2.24, 2.45) is 5.92 Å². The smallest absolute Gasteiger partial charge is 0.234 e. The molecule has 0 saturated carbocycles. The average Bonchev–Trinajstić information content (AvgIpc) is 2.53. The van der Waals surface area contributed by atoms with E-state index in [4.69, 9.17) is 17.0 Å². The molecule has 0 aliphatic carbocycles. The second-order valence-corrected chi connectivity index (χ2v) is 7.59. The molecule has 1 aromatic rings. The molecule has 4 nitrogen and oxygen atoms in total. The second-order valence-electron chi connectivity index (χ2n) is 5.98. The van der Waals surface area contributed by atoms with Gasteiger partial charge in [0.15, 0.2) is 0 Å². The molecule has 1 aromatic carbocycles. The lowest BCUT2D eigenvalue weighted by atomic mass is 10.00. The van der Waals surface area contributed by atoms with Crippen molar-refractivity contribution in [3.63, 3.8) is 0 Å². The standard InChI is InChI=1S/C17H24N2O2S2/c1-12-6-8-19(9-7-12)17(22)23-11-16(20)18-14-10-13(2)4-5-15(14)21-3/h4-5,10,12H,6-9,11H2,1-3H3,(H,18,20). The molecule has 126 valence electrons. The highest BCUT2D eigenvalue weighted by Crippen LogP contribution is 2.26. The van der Waals surface area contributed by atoms with Crippen LogP contribution < -0.4 is 10.1 Å².